The maximum atomic E-state index is 11.7. The van der Waals surface area contributed by atoms with Crippen LogP contribution >= 0.6 is 0 Å². The Morgan fingerprint density at radius 2 is 2.11 bits per heavy atom. The molecule has 2 heteroatoms. The largest absolute Gasteiger partial charge is 0.326 e. The van der Waals surface area contributed by atoms with Gasteiger partial charge in [0.1, 0.15) is 0 Å². The molecule has 0 aromatic heterocycles. The highest BCUT2D eigenvalue weighted by Gasteiger charge is 2.03. The first-order valence-corrected chi connectivity index (χ1v) is 6.23. The molecule has 1 rings (SSSR count). The van der Waals surface area contributed by atoms with Gasteiger partial charge in [-0.25, -0.2) is 0 Å². The average Bonchev–Trinajstić information content (AvgIpc) is 2.38. The molecule has 1 aromatic rings. The second kappa shape index (κ2) is 8.29. The molecule has 1 amide bonds. The van der Waals surface area contributed by atoms with Crippen LogP contribution in [0, 0.1) is 6.92 Å². The summed E-state index contributed by atoms with van der Waals surface area (Å²) >= 11 is 0. The fourth-order valence-corrected chi connectivity index (χ4v) is 1.56. The third-order valence-corrected chi connectivity index (χ3v) is 2.47. The van der Waals surface area contributed by atoms with Crippen molar-refractivity contribution in [2.24, 2.45) is 0 Å². The minimum absolute atomic E-state index is 0.0450. The van der Waals surface area contributed by atoms with Crippen LogP contribution in [0.15, 0.2) is 42.5 Å². The standard InChI is InChI=1S/C16H20NO/c1-3-5-7-13-16(18)17-15-12-9-8-11-14(15)10-6-4-2/h3,5-6,8-12H,2,4,7,13H2,1H3,(H,17,18)/b5-3+,10-6+. The Morgan fingerprint density at radius 1 is 1.33 bits per heavy atom. The molecule has 1 aromatic carbocycles. The highest BCUT2D eigenvalue weighted by molar-refractivity contribution is 5.92. The summed E-state index contributed by atoms with van der Waals surface area (Å²) in [5.74, 6) is 0.0450. The molecule has 0 aliphatic heterocycles. The van der Waals surface area contributed by atoms with Crippen LogP contribution in [-0.2, 0) is 4.79 Å². The topological polar surface area (TPSA) is 29.1 Å². The Kier molecular flexibility index (Phi) is 6.55. The summed E-state index contributed by atoms with van der Waals surface area (Å²) in [7, 11) is 0. The Hall–Kier alpha value is -1.83. The highest BCUT2D eigenvalue weighted by Crippen LogP contribution is 2.17. The van der Waals surface area contributed by atoms with Gasteiger partial charge in [0, 0.05) is 12.1 Å². The predicted molar refractivity (Wildman–Crippen MR) is 78.1 cm³/mol. The van der Waals surface area contributed by atoms with E-state index < -0.39 is 0 Å². The summed E-state index contributed by atoms with van der Waals surface area (Å²) in [6.07, 6.45) is 9.94. The zero-order chi connectivity index (χ0) is 13.2. The van der Waals surface area contributed by atoms with Crippen molar-refractivity contribution >= 4 is 17.7 Å². The lowest BCUT2D eigenvalue weighted by Gasteiger charge is -2.07. The van der Waals surface area contributed by atoms with Crippen molar-refractivity contribution in [3.63, 3.8) is 0 Å². The number of nitrogens with one attached hydrogen (secondary N) is 1. The van der Waals surface area contributed by atoms with Gasteiger partial charge in [-0.2, -0.15) is 0 Å². The Labute approximate surface area is 109 Å². The van der Waals surface area contributed by atoms with Gasteiger partial charge in [0.25, 0.3) is 0 Å². The number of hydrogen-bond donors (Lipinski definition) is 1. The van der Waals surface area contributed by atoms with Crippen molar-refractivity contribution in [2.45, 2.75) is 26.2 Å². The van der Waals surface area contributed by atoms with E-state index in [0.717, 1.165) is 24.1 Å². The van der Waals surface area contributed by atoms with Gasteiger partial charge < -0.3 is 5.32 Å². The molecule has 0 saturated carbocycles. The predicted octanol–water partition coefficient (Wildman–Crippen LogP) is 4.22. The molecular formula is C16H20NO. The SMILES string of the molecule is [CH2]C/C=C/c1ccccc1NC(=O)CC/C=C/C. The van der Waals surface area contributed by atoms with E-state index >= 15 is 0 Å². The molecule has 0 aliphatic rings. The summed E-state index contributed by atoms with van der Waals surface area (Å²) in [4.78, 5) is 11.7. The van der Waals surface area contributed by atoms with E-state index in [1.165, 1.54) is 0 Å². The number of benzene rings is 1. The highest BCUT2D eigenvalue weighted by atomic mass is 16.1. The molecule has 0 unspecified atom stereocenters. The van der Waals surface area contributed by atoms with Crippen molar-refractivity contribution in [1.29, 1.82) is 0 Å². The minimum Gasteiger partial charge on any atom is -0.326 e. The zero-order valence-electron chi connectivity index (χ0n) is 10.9. The molecule has 95 valence electrons. The van der Waals surface area contributed by atoms with Crippen LogP contribution in [-0.4, -0.2) is 5.91 Å². The van der Waals surface area contributed by atoms with E-state index in [1.54, 1.807) is 0 Å². The van der Waals surface area contributed by atoms with E-state index in [2.05, 4.69) is 12.2 Å². The van der Waals surface area contributed by atoms with E-state index in [4.69, 9.17) is 0 Å². The minimum atomic E-state index is 0.0450. The van der Waals surface area contributed by atoms with Gasteiger partial charge in [0.05, 0.1) is 0 Å². The number of para-hydroxylation sites is 1. The van der Waals surface area contributed by atoms with Gasteiger partial charge in [-0.3, -0.25) is 4.79 Å². The first kappa shape index (κ1) is 14.2. The molecule has 0 bridgehead atoms. The second-order valence-electron chi connectivity index (χ2n) is 3.93. The van der Waals surface area contributed by atoms with Crippen LogP contribution in [0.25, 0.3) is 6.08 Å². The third-order valence-electron chi connectivity index (χ3n) is 2.47. The van der Waals surface area contributed by atoms with Crippen molar-refractivity contribution in [3.05, 3.63) is 55.0 Å². The Balaban J connectivity index is 2.65. The van der Waals surface area contributed by atoms with Crippen molar-refractivity contribution in [1.82, 2.24) is 0 Å². The Bertz CT molecular complexity index is 432. The summed E-state index contributed by atoms with van der Waals surface area (Å²) in [6, 6.07) is 7.77. The number of carbonyl (C=O) groups is 1. The fourth-order valence-electron chi connectivity index (χ4n) is 1.56. The number of hydrogen-bond acceptors (Lipinski definition) is 1. The van der Waals surface area contributed by atoms with Crippen LogP contribution in [0.1, 0.15) is 31.7 Å². The monoisotopic (exact) mass is 242 g/mol. The molecule has 1 radical (unpaired) electrons. The number of anilines is 1. The van der Waals surface area contributed by atoms with E-state index in [-0.39, 0.29) is 5.91 Å². The maximum Gasteiger partial charge on any atom is 0.224 e. The zero-order valence-corrected chi connectivity index (χ0v) is 10.9. The normalized spacial score (nSPS) is 11.2. The number of carbonyl (C=O) groups excluding carboxylic acids is 1. The van der Waals surface area contributed by atoms with Gasteiger partial charge in [-0.1, -0.05) is 42.5 Å². The molecule has 1 N–H and O–H groups in total. The first-order valence-electron chi connectivity index (χ1n) is 6.23. The second-order valence-corrected chi connectivity index (χ2v) is 3.93. The average molecular weight is 242 g/mol. The van der Waals surface area contributed by atoms with Crippen LogP contribution in [0.2, 0.25) is 0 Å². The Morgan fingerprint density at radius 3 is 2.83 bits per heavy atom. The molecule has 2 nitrogen and oxygen atoms in total. The number of allylic oxidation sites excluding steroid dienone is 3. The van der Waals surface area contributed by atoms with E-state index in [1.807, 2.05) is 55.5 Å². The smallest absolute Gasteiger partial charge is 0.224 e. The van der Waals surface area contributed by atoms with Gasteiger partial charge in [0.2, 0.25) is 5.91 Å². The molecular weight excluding hydrogens is 222 g/mol. The van der Waals surface area contributed by atoms with Gasteiger partial charge in [-0.15, -0.1) is 0 Å². The molecule has 0 aliphatic carbocycles. The summed E-state index contributed by atoms with van der Waals surface area (Å²) < 4.78 is 0. The van der Waals surface area contributed by atoms with E-state index in [9.17, 15) is 4.79 Å². The molecule has 0 fully saturated rings. The molecule has 0 heterocycles. The molecule has 0 spiro atoms. The number of amides is 1. The van der Waals surface area contributed by atoms with Crippen molar-refractivity contribution < 1.29 is 4.79 Å². The van der Waals surface area contributed by atoms with Crippen LogP contribution in [0.4, 0.5) is 5.69 Å². The first-order chi connectivity index (χ1) is 8.77. The lowest BCUT2D eigenvalue weighted by Crippen LogP contribution is -2.11. The quantitative estimate of drug-likeness (QED) is 0.743. The van der Waals surface area contributed by atoms with Gasteiger partial charge in [-0.05, 0) is 38.3 Å². The molecule has 0 atom stereocenters. The maximum absolute atomic E-state index is 11.7. The molecule has 18 heavy (non-hydrogen) atoms. The lowest BCUT2D eigenvalue weighted by atomic mass is 10.1. The van der Waals surface area contributed by atoms with Crippen LogP contribution in [0.5, 0.6) is 0 Å². The summed E-state index contributed by atoms with van der Waals surface area (Å²) in [5, 5.41) is 2.93. The molecule has 0 saturated heterocycles. The summed E-state index contributed by atoms with van der Waals surface area (Å²) in [5.41, 5.74) is 1.87. The third kappa shape index (κ3) is 5.00. The van der Waals surface area contributed by atoms with Crippen molar-refractivity contribution in [3.8, 4) is 0 Å². The van der Waals surface area contributed by atoms with Crippen LogP contribution in [0.3, 0.4) is 0 Å². The van der Waals surface area contributed by atoms with Crippen molar-refractivity contribution in [2.75, 3.05) is 5.32 Å². The van der Waals surface area contributed by atoms with Gasteiger partial charge >= 0.3 is 0 Å². The van der Waals surface area contributed by atoms with Crippen LogP contribution < -0.4 is 5.32 Å². The number of rotatable bonds is 6. The van der Waals surface area contributed by atoms with Gasteiger partial charge in [0.15, 0.2) is 0 Å². The lowest BCUT2D eigenvalue weighted by molar-refractivity contribution is -0.116. The van der Waals surface area contributed by atoms with E-state index in [0.29, 0.717) is 6.42 Å². The summed E-state index contributed by atoms with van der Waals surface area (Å²) in [6.45, 7) is 5.71. The fraction of sp³-hybridized carbons (Fsp3) is 0.250.